The van der Waals surface area contributed by atoms with E-state index in [-0.39, 0.29) is 5.91 Å². The van der Waals surface area contributed by atoms with Gasteiger partial charge in [0.25, 0.3) is 5.91 Å². The third kappa shape index (κ3) is 2.59. The number of fused-ring (bicyclic) bond motifs is 2. The molecule has 4 heteroatoms. The summed E-state index contributed by atoms with van der Waals surface area (Å²) >= 11 is 1.70. The van der Waals surface area contributed by atoms with Gasteiger partial charge in [0.05, 0.1) is 5.69 Å². The highest BCUT2D eigenvalue weighted by molar-refractivity contribution is 7.99. The van der Waals surface area contributed by atoms with Crippen molar-refractivity contribution in [3.8, 4) is 0 Å². The summed E-state index contributed by atoms with van der Waals surface area (Å²) < 4.78 is 0. The first-order valence-corrected chi connectivity index (χ1v) is 7.60. The largest absolute Gasteiger partial charge is 0.355 e. The zero-order valence-corrected chi connectivity index (χ0v) is 13.0. The molecule has 21 heavy (non-hydrogen) atoms. The van der Waals surface area contributed by atoms with Crippen molar-refractivity contribution in [2.45, 2.75) is 23.6 Å². The first-order chi connectivity index (χ1) is 10.1. The monoisotopic (exact) mass is 296 g/mol. The van der Waals surface area contributed by atoms with Crippen molar-refractivity contribution in [2.75, 3.05) is 7.05 Å². The molecule has 3 rings (SSSR count). The van der Waals surface area contributed by atoms with Gasteiger partial charge in [-0.05, 0) is 44.2 Å². The van der Waals surface area contributed by atoms with Gasteiger partial charge >= 0.3 is 0 Å². The number of benzene rings is 2. The Morgan fingerprint density at radius 2 is 1.86 bits per heavy atom. The Balaban J connectivity index is 2.13. The normalized spacial score (nSPS) is 12.8. The molecule has 0 unspecified atom stereocenters. The lowest BCUT2D eigenvalue weighted by Gasteiger charge is -2.07. The third-order valence-corrected chi connectivity index (χ3v) is 4.62. The molecule has 0 radical (unpaired) electrons. The fourth-order valence-corrected chi connectivity index (χ4v) is 3.39. The number of amides is 1. The fourth-order valence-electron chi connectivity index (χ4n) is 2.35. The van der Waals surface area contributed by atoms with Gasteiger partial charge in [0.1, 0.15) is 0 Å². The van der Waals surface area contributed by atoms with Crippen molar-refractivity contribution in [3.05, 3.63) is 53.1 Å². The molecular weight excluding hydrogens is 280 g/mol. The highest BCUT2D eigenvalue weighted by Crippen LogP contribution is 2.40. The second kappa shape index (κ2) is 5.37. The van der Waals surface area contributed by atoms with Crippen LogP contribution in [0.5, 0.6) is 0 Å². The lowest BCUT2D eigenvalue weighted by molar-refractivity contribution is 0.0963. The second-order valence-electron chi connectivity index (χ2n) is 5.06. The van der Waals surface area contributed by atoms with E-state index in [1.807, 2.05) is 25.1 Å². The summed E-state index contributed by atoms with van der Waals surface area (Å²) in [6.07, 6.45) is 0. The minimum atomic E-state index is -0.0896. The molecule has 1 amide bonds. The third-order valence-electron chi connectivity index (χ3n) is 3.48. The molecule has 0 bridgehead atoms. The number of carbonyl (C=O) groups excluding carboxylic acids is 1. The van der Waals surface area contributed by atoms with Crippen LogP contribution in [0.1, 0.15) is 28.4 Å². The van der Waals surface area contributed by atoms with Crippen LogP contribution in [0, 0.1) is 6.92 Å². The summed E-state index contributed by atoms with van der Waals surface area (Å²) in [6, 6.07) is 12.1. The summed E-state index contributed by atoms with van der Waals surface area (Å²) in [7, 11) is 1.63. The molecule has 2 aromatic rings. The van der Waals surface area contributed by atoms with Crippen molar-refractivity contribution in [2.24, 2.45) is 4.99 Å². The van der Waals surface area contributed by atoms with E-state index in [4.69, 9.17) is 4.99 Å². The van der Waals surface area contributed by atoms with E-state index in [1.54, 1.807) is 18.8 Å². The van der Waals surface area contributed by atoms with Gasteiger partial charge in [-0.25, -0.2) is 0 Å². The number of aryl methyl sites for hydroxylation is 1. The Morgan fingerprint density at radius 3 is 2.62 bits per heavy atom. The topological polar surface area (TPSA) is 41.5 Å². The maximum absolute atomic E-state index is 11.8. The Hall–Kier alpha value is -2.07. The summed E-state index contributed by atoms with van der Waals surface area (Å²) in [5, 5.41) is 2.65. The van der Waals surface area contributed by atoms with Crippen molar-refractivity contribution in [1.82, 2.24) is 5.32 Å². The molecule has 0 aliphatic carbocycles. The summed E-state index contributed by atoms with van der Waals surface area (Å²) in [5.74, 6) is -0.0896. The average molecular weight is 296 g/mol. The van der Waals surface area contributed by atoms with Crippen molar-refractivity contribution >= 4 is 29.1 Å². The summed E-state index contributed by atoms with van der Waals surface area (Å²) in [4.78, 5) is 18.8. The smallest absolute Gasteiger partial charge is 0.251 e. The Kier molecular flexibility index (Phi) is 3.55. The summed E-state index contributed by atoms with van der Waals surface area (Å²) in [5.41, 5.74) is 4.86. The van der Waals surface area contributed by atoms with Crippen LogP contribution in [-0.2, 0) is 0 Å². The minimum absolute atomic E-state index is 0.0896. The molecular formula is C17H16N2OS. The Bertz CT molecular complexity index is 765. The molecule has 0 spiro atoms. The predicted molar refractivity (Wildman–Crippen MR) is 87.0 cm³/mol. The molecule has 2 aromatic carbocycles. The van der Waals surface area contributed by atoms with Gasteiger partial charge in [0.15, 0.2) is 0 Å². The number of hydrogen-bond acceptors (Lipinski definition) is 3. The predicted octanol–water partition coefficient (Wildman–Crippen LogP) is 3.96. The molecule has 1 aliphatic rings. The zero-order chi connectivity index (χ0) is 15.0. The van der Waals surface area contributed by atoms with Crippen LogP contribution in [-0.4, -0.2) is 18.7 Å². The number of nitrogens with zero attached hydrogens (tertiary/aromatic N) is 1. The van der Waals surface area contributed by atoms with Gasteiger partial charge in [0, 0.05) is 33.7 Å². The maximum Gasteiger partial charge on any atom is 0.251 e. The van der Waals surface area contributed by atoms with Crippen molar-refractivity contribution in [3.63, 3.8) is 0 Å². The van der Waals surface area contributed by atoms with E-state index >= 15 is 0 Å². The van der Waals surface area contributed by atoms with Crippen LogP contribution >= 0.6 is 11.8 Å². The molecule has 0 saturated carbocycles. The number of aliphatic imine (C=N–C) groups is 1. The Morgan fingerprint density at radius 1 is 1.10 bits per heavy atom. The number of rotatable bonds is 1. The van der Waals surface area contributed by atoms with Crippen LogP contribution in [0.3, 0.4) is 0 Å². The number of carbonyl (C=O) groups is 1. The van der Waals surface area contributed by atoms with Crippen LogP contribution in [0.25, 0.3) is 0 Å². The van der Waals surface area contributed by atoms with Crippen LogP contribution < -0.4 is 5.32 Å². The van der Waals surface area contributed by atoms with Gasteiger partial charge in [-0.2, -0.15) is 0 Å². The molecule has 1 N–H and O–H groups in total. The van der Waals surface area contributed by atoms with E-state index < -0.39 is 0 Å². The minimum Gasteiger partial charge on any atom is -0.355 e. The lowest BCUT2D eigenvalue weighted by atomic mass is 10.1. The number of hydrogen-bond donors (Lipinski definition) is 1. The van der Waals surface area contributed by atoms with E-state index in [9.17, 15) is 4.79 Å². The highest BCUT2D eigenvalue weighted by Gasteiger charge is 2.16. The summed E-state index contributed by atoms with van der Waals surface area (Å²) in [6.45, 7) is 4.10. The molecule has 0 fully saturated rings. The first-order valence-electron chi connectivity index (χ1n) is 6.79. The fraction of sp³-hybridized carbons (Fsp3) is 0.176. The molecule has 0 saturated heterocycles. The van der Waals surface area contributed by atoms with Gasteiger partial charge in [-0.3, -0.25) is 9.79 Å². The molecule has 106 valence electrons. The average Bonchev–Trinajstić information content (AvgIpc) is 2.62. The first kappa shape index (κ1) is 13.9. The van der Waals surface area contributed by atoms with E-state index in [2.05, 4.69) is 30.4 Å². The van der Waals surface area contributed by atoms with Crippen LogP contribution in [0.4, 0.5) is 5.69 Å². The van der Waals surface area contributed by atoms with Crippen LogP contribution in [0.2, 0.25) is 0 Å². The molecule has 1 aliphatic heterocycles. The molecule has 3 nitrogen and oxygen atoms in total. The Labute approximate surface area is 128 Å². The van der Waals surface area contributed by atoms with E-state index in [1.165, 1.54) is 10.5 Å². The van der Waals surface area contributed by atoms with Crippen molar-refractivity contribution in [1.29, 1.82) is 0 Å². The molecule has 0 atom stereocenters. The van der Waals surface area contributed by atoms with Gasteiger partial charge in [-0.1, -0.05) is 23.4 Å². The van der Waals surface area contributed by atoms with Gasteiger partial charge in [0.2, 0.25) is 0 Å². The molecule has 1 heterocycles. The zero-order valence-electron chi connectivity index (χ0n) is 12.2. The highest BCUT2D eigenvalue weighted by atomic mass is 32.2. The standard InChI is InChI=1S/C17H16N2OS/c1-10-4-6-15-13(8-10)11(2)19-14-9-12(17(20)18-3)5-7-16(14)21-15/h4-9H,1-3H3,(H,18,20). The van der Waals surface area contributed by atoms with Gasteiger partial charge in [-0.15, -0.1) is 0 Å². The van der Waals surface area contributed by atoms with Crippen LogP contribution in [0.15, 0.2) is 51.2 Å². The second-order valence-corrected chi connectivity index (χ2v) is 6.14. The van der Waals surface area contributed by atoms with E-state index in [0.717, 1.165) is 21.9 Å². The lowest BCUT2D eigenvalue weighted by Crippen LogP contribution is -2.17. The van der Waals surface area contributed by atoms with Gasteiger partial charge < -0.3 is 5.32 Å². The maximum atomic E-state index is 11.8. The van der Waals surface area contributed by atoms with Crippen molar-refractivity contribution < 1.29 is 4.79 Å². The molecule has 0 aromatic heterocycles. The quantitative estimate of drug-likeness (QED) is 0.865. The van der Waals surface area contributed by atoms with E-state index in [0.29, 0.717) is 5.56 Å². The SMILES string of the molecule is CNC(=O)c1ccc2c(c1)N=C(C)c1cc(C)ccc1S2. The number of nitrogens with one attached hydrogen (secondary N) is 1.